The van der Waals surface area contributed by atoms with Crippen LogP contribution in [0.25, 0.3) is 0 Å². The molecule has 0 aliphatic carbocycles. The average molecular weight is 304 g/mol. The monoisotopic (exact) mass is 303 g/mol. The number of aromatic nitrogens is 1. The van der Waals surface area contributed by atoms with Gasteiger partial charge in [0.25, 0.3) is 0 Å². The molecule has 0 unspecified atom stereocenters. The van der Waals surface area contributed by atoms with E-state index in [1.807, 2.05) is 24.3 Å². The summed E-state index contributed by atoms with van der Waals surface area (Å²) in [6, 6.07) is 12.0. The van der Waals surface area contributed by atoms with Gasteiger partial charge in [-0.3, -0.25) is 0 Å². The number of nitrogens with zero attached hydrogens (tertiary/aromatic N) is 1. The summed E-state index contributed by atoms with van der Waals surface area (Å²) in [6.45, 7) is 8.53. The lowest BCUT2D eigenvalue weighted by Crippen LogP contribution is -2.14. The highest BCUT2D eigenvalue weighted by Gasteiger charge is 2.17. The fourth-order valence-electron chi connectivity index (χ4n) is 1.99. The Kier molecular flexibility index (Phi) is 4.89. The van der Waals surface area contributed by atoms with Crippen molar-refractivity contribution >= 4 is 11.6 Å². The van der Waals surface area contributed by atoms with Crippen LogP contribution in [0.5, 0.6) is 11.6 Å². The van der Waals surface area contributed by atoms with E-state index in [4.69, 9.17) is 16.3 Å². The van der Waals surface area contributed by atoms with Crippen LogP contribution in [0, 0.1) is 0 Å². The van der Waals surface area contributed by atoms with Crippen molar-refractivity contribution in [3.63, 3.8) is 0 Å². The second-order valence-electron chi connectivity index (χ2n) is 6.18. The predicted octanol–water partition coefficient (Wildman–Crippen LogP) is 5.47. The Morgan fingerprint density at radius 3 is 2.24 bits per heavy atom. The van der Waals surface area contributed by atoms with Crippen LogP contribution in [0.3, 0.4) is 0 Å². The summed E-state index contributed by atoms with van der Waals surface area (Å²) < 4.78 is 5.89. The Hall–Kier alpha value is -1.54. The van der Waals surface area contributed by atoms with Crippen molar-refractivity contribution in [3.8, 4) is 11.6 Å². The molecule has 2 rings (SSSR count). The van der Waals surface area contributed by atoms with Crippen molar-refractivity contribution in [1.82, 2.24) is 4.98 Å². The van der Waals surface area contributed by atoms with Gasteiger partial charge in [0.2, 0.25) is 5.88 Å². The SMILES string of the molecule is CCc1ccc(Oc2cc(CCl)cc(C(C)(C)C)n2)cc1. The first-order valence-corrected chi connectivity index (χ1v) is 7.80. The Morgan fingerprint density at radius 2 is 1.71 bits per heavy atom. The number of rotatable bonds is 4. The highest BCUT2D eigenvalue weighted by atomic mass is 35.5. The summed E-state index contributed by atoms with van der Waals surface area (Å²) in [4.78, 5) is 4.61. The Morgan fingerprint density at radius 1 is 1.05 bits per heavy atom. The van der Waals surface area contributed by atoms with E-state index in [2.05, 4.69) is 44.8 Å². The molecule has 0 fully saturated rings. The summed E-state index contributed by atoms with van der Waals surface area (Å²) in [5, 5.41) is 0. The molecule has 112 valence electrons. The van der Waals surface area contributed by atoms with Gasteiger partial charge in [0, 0.05) is 17.4 Å². The maximum absolute atomic E-state index is 5.98. The number of ether oxygens (including phenoxy) is 1. The minimum atomic E-state index is -0.0355. The summed E-state index contributed by atoms with van der Waals surface area (Å²) in [5.41, 5.74) is 3.27. The van der Waals surface area contributed by atoms with Gasteiger partial charge >= 0.3 is 0 Å². The fraction of sp³-hybridized carbons (Fsp3) is 0.389. The zero-order valence-corrected chi connectivity index (χ0v) is 13.9. The topological polar surface area (TPSA) is 22.1 Å². The first-order valence-electron chi connectivity index (χ1n) is 7.26. The number of hydrogen-bond donors (Lipinski definition) is 0. The molecule has 21 heavy (non-hydrogen) atoms. The number of pyridine rings is 1. The lowest BCUT2D eigenvalue weighted by atomic mass is 9.91. The van der Waals surface area contributed by atoms with E-state index in [0.29, 0.717) is 11.8 Å². The second-order valence-corrected chi connectivity index (χ2v) is 6.45. The summed E-state index contributed by atoms with van der Waals surface area (Å²) in [6.07, 6.45) is 1.02. The van der Waals surface area contributed by atoms with Gasteiger partial charge in [-0.1, -0.05) is 39.8 Å². The molecule has 0 radical (unpaired) electrons. The van der Waals surface area contributed by atoms with Gasteiger partial charge in [0.15, 0.2) is 0 Å². The van der Waals surface area contributed by atoms with E-state index in [9.17, 15) is 0 Å². The van der Waals surface area contributed by atoms with E-state index in [1.165, 1.54) is 5.56 Å². The third-order valence-corrected chi connectivity index (χ3v) is 3.65. The minimum Gasteiger partial charge on any atom is -0.439 e. The van der Waals surface area contributed by atoms with Crippen LogP contribution in [0.2, 0.25) is 0 Å². The molecule has 0 amide bonds. The largest absolute Gasteiger partial charge is 0.439 e. The van der Waals surface area contributed by atoms with Gasteiger partial charge in [0.1, 0.15) is 5.75 Å². The van der Waals surface area contributed by atoms with Crippen LogP contribution in [-0.2, 0) is 17.7 Å². The highest BCUT2D eigenvalue weighted by Crippen LogP contribution is 2.27. The van der Waals surface area contributed by atoms with Crippen molar-refractivity contribution in [3.05, 3.63) is 53.2 Å². The molecular weight excluding hydrogens is 282 g/mol. The molecule has 1 aromatic heterocycles. The van der Waals surface area contributed by atoms with Crippen molar-refractivity contribution in [1.29, 1.82) is 0 Å². The normalized spacial score (nSPS) is 11.5. The van der Waals surface area contributed by atoms with Crippen LogP contribution >= 0.6 is 11.6 Å². The molecule has 0 spiro atoms. The Bertz CT molecular complexity index is 600. The van der Waals surface area contributed by atoms with Gasteiger partial charge in [0.05, 0.1) is 5.69 Å². The van der Waals surface area contributed by atoms with Gasteiger partial charge < -0.3 is 4.74 Å². The lowest BCUT2D eigenvalue weighted by molar-refractivity contribution is 0.451. The number of hydrogen-bond acceptors (Lipinski definition) is 2. The number of alkyl halides is 1. The maximum Gasteiger partial charge on any atom is 0.219 e. The second kappa shape index (κ2) is 6.48. The molecular formula is C18H22ClNO. The van der Waals surface area contributed by atoms with Crippen LogP contribution in [-0.4, -0.2) is 4.98 Å². The summed E-state index contributed by atoms with van der Waals surface area (Å²) in [5.74, 6) is 1.85. The van der Waals surface area contributed by atoms with Crippen LogP contribution in [0.4, 0.5) is 0 Å². The van der Waals surface area contributed by atoms with Gasteiger partial charge in [-0.15, -0.1) is 11.6 Å². The number of aryl methyl sites for hydroxylation is 1. The Balaban J connectivity index is 2.29. The van der Waals surface area contributed by atoms with Gasteiger partial charge in [-0.05, 0) is 35.7 Å². The van der Waals surface area contributed by atoms with Crippen LogP contribution in [0.1, 0.15) is 44.5 Å². The standard InChI is InChI=1S/C18H22ClNO/c1-5-13-6-8-15(9-7-13)21-17-11-14(12-19)10-16(20-17)18(2,3)4/h6-11H,5,12H2,1-4H3. The van der Waals surface area contributed by atoms with E-state index in [-0.39, 0.29) is 5.41 Å². The van der Waals surface area contributed by atoms with Crippen LogP contribution in [0.15, 0.2) is 36.4 Å². The summed E-state index contributed by atoms with van der Waals surface area (Å²) >= 11 is 5.98. The molecule has 0 N–H and O–H groups in total. The lowest BCUT2D eigenvalue weighted by Gasteiger charge is -2.19. The smallest absolute Gasteiger partial charge is 0.219 e. The molecule has 0 saturated heterocycles. The first kappa shape index (κ1) is 15.8. The van der Waals surface area contributed by atoms with Gasteiger partial charge in [-0.25, -0.2) is 4.98 Å². The molecule has 0 saturated carbocycles. The van der Waals surface area contributed by atoms with Crippen molar-refractivity contribution < 1.29 is 4.74 Å². The molecule has 2 aromatic rings. The zero-order chi connectivity index (χ0) is 15.5. The molecule has 0 atom stereocenters. The minimum absolute atomic E-state index is 0.0355. The molecule has 1 aromatic carbocycles. The van der Waals surface area contributed by atoms with Crippen molar-refractivity contribution in [2.24, 2.45) is 0 Å². The molecule has 0 bridgehead atoms. The first-order chi connectivity index (χ1) is 9.92. The van der Waals surface area contributed by atoms with Gasteiger partial charge in [-0.2, -0.15) is 0 Å². The van der Waals surface area contributed by atoms with Crippen molar-refractivity contribution in [2.75, 3.05) is 0 Å². The predicted molar refractivity (Wildman–Crippen MR) is 88.4 cm³/mol. The van der Waals surface area contributed by atoms with E-state index < -0.39 is 0 Å². The number of benzene rings is 1. The maximum atomic E-state index is 5.98. The van der Waals surface area contributed by atoms with Crippen molar-refractivity contribution in [2.45, 2.75) is 45.4 Å². The van der Waals surface area contributed by atoms with E-state index in [1.54, 1.807) is 0 Å². The molecule has 3 heteroatoms. The summed E-state index contributed by atoms with van der Waals surface area (Å²) in [7, 11) is 0. The zero-order valence-electron chi connectivity index (χ0n) is 13.1. The molecule has 1 heterocycles. The third kappa shape index (κ3) is 4.21. The fourth-order valence-corrected chi connectivity index (χ4v) is 2.14. The third-order valence-electron chi connectivity index (χ3n) is 3.34. The van der Waals surface area contributed by atoms with E-state index >= 15 is 0 Å². The Labute approximate surface area is 132 Å². The average Bonchev–Trinajstić information content (AvgIpc) is 2.46. The van der Waals surface area contributed by atoms with Crippen LogP contribution < -0.4 is 4.74 Å². The van der Waals surface area contributed by atoms with E-state index in [0.717, 1.165) is 23.4 Å². The number of halogens is 1. The highest BCUT2D eigenvalue weighted by molar-refractivity contribution is 6.17. The quantitative estimate of drug-likeness (QED) is 0.698. The molecule has 0 aliphatic heterocycles. The molecule has 2 nitrogen and oxygen atoms in total. The molecule has 0 aliphatic rings.